The van der Waals surface area contributed by atoms with Gasteiger partial charge < -0.3 is 14.4 Å². The Hall–Kier alpha value is -2.37. The molecule has 1 saturated carbocycles. The fourth-order valence-corrected chi connectivity index (χ4v) is 2.85. The van der Waals surface area contributed by atoms with Crippen molar-refractivity contribution in [2.75, 3.05) is 7.11 Å². The highest BCUT2D eigenvalue weighted by molar-refractivity contribution is 5.70. The summed E-state index contributed by atoms with van der Waals surface area (Å²) in [5.41, 5.74) is 0.870. The number of hydrogen-bond donors (Lipinski definition) is 1. The van der Waals surface area contributed by atoms with Crippen molar-refractivity contribution in [3.63, 3.8) is 0 Å². The third kappa shape index (κ3) is 2.95. The lowest BCUT2D eigenvalue weighted by Gasteiger charge is -2.23. The third-order valence-corrected chi connectivity index (χ3v) is 4.22. The zero-order valence-electron chi connectivity index (χ0n) is 12.4. The topological polar surface area (TPSA) is 85.5 Å². The first-order valence-corrected chi connectivity index (χ1v) is 7.38. The Labute approximate surface area is 128 Å². The molecular weight excluding hydrogens is 284 g/mol. The van der Waals surface area contributed by atoms with Crippen LogP contribution in [-0.2, 0) is 4.79 Å². The van der Waals surface area contributed by atoms with Crippen LogP contribution in [0.1, 0.15) is 37.5 Å². The van der Waals surface area contributed by atoms with E-state index in [1.165, 1.54) is 0 Å². The maximum Gasteiger partial charge on any atom is 0.306 e. The number of aromatic nitrogens is 2. The molecule has 0 atom stereocenters. The summed E-state index contributed by atoms with van der Waals surface area (Å²) in [5.74, 6) is 1.16. The van der Waals surface area contributed by atoms with Crippen LogP contribution in [0.2, 0.25) is 0 Å². The normalized spacial score (nSPS) is 21.5. The van der Waals surface area contributed by atoms with E-state index in [-0.39, 0.29) is 11.8 Å². The number of aliphatic carboxylic acids is 1. The lowest BCUT2D eigenvalue weighted by atomic mass is 9.82. The second-order valence-electron chi connectivity index (χ2n) is 5.57. The van der Waals surface area contributed by atoms with Gasteiger partial charge in [0, 0.05) is 11.5 Å². The van der Waals surface area contributed by atoms with Crippen molar-refractivity contribution in [3.8, 4) is 17.1 Å². The highest BCUT2D eigenvalue weighted by Crippen LogP contribution is 2.35. The molecule has 22 heavy (non-hydrogen) atoms. The Morgan fingerprint density at radius 3 is 2.50 bits per heavy atom. The number of carboxylic acids is 1. The van der Waals surface area contributed by atoms with E-state index in [2.05, 4.69) is 10.1 Å². The molecule has 1 aliphatic rings. The lowest BCUT2D eigenvalue weighted by molar-refractivity contribution is -0.142. The summed E-state index contributed by atoms with van der Waals surface area (Å²) in [4.78, 5) is 15.4. The molecule has 0 radical (unpaired) electrons. The van der Waals surface area contributed by atoms with Crippen molar-refractivity contribution in [2.24, 2.45) is 5.92 Å². The summed E-state index contributed by atoms with van der Waals surface area (Å²) in [7, 11) is 1.62. The fourth-order valence-electron chi connectivity index (χ4n) is 2.85. The van der Waals surface area contributed by atoms with Crippen LogP contribution in [0.25, 0.3) is 11.4 Å². The molecule has 0 amide bonds. The van der Waals surface area contributed by atoms with E-state index in [4.69, 9.17) is 14.4 Å². The Morgan fingerprint density at radius 2 is 1.91 bits per heavy atom. The van der Waals surface area contributed by atoms with Gasteiger partial charge in [0.1, 0.15) is 5.75 Å². The van der Waals surface area contributed by atoms with Gasteiger partial charge in [-0.25, -0.2) is 0 Å². The quantitative estimate of drug-likeness (QED) is 0.934. The zero-order valence-corrected chi connectivity index (χ0v) is 12.4. The second-order valence-corrected chi connectivity index (χ2v) is 5.57. The summed E-state index contributed by atoms with van der Waals surface area (Å²) >= 11 is 0. The van der Waals surface area contributed by atoms with E-state index in [0.29, 0.717) is 24.6 Å². The van der Waals surface area contributed by atoms with E-state index in [1.807, 2.05) is 24.3 Å². The lowest BCUT2D eigenvalue weighted by Crippen LogP contribution is -2.20. The van der Waals surface area contributed by atoms with E-state index >= 15 is 0 Å². The predicted octanol–water partition coefficient (Wildman–Crippen LogP) is 3.10. The van der Waals surface area contributed by atoms with E-state index in [9.17, 15) is 4.79 Å². The van der Waals surface area contributed by atoms with Gasteiger partial charge in [0.15, 0.2) is 0 Å². The molecular formula is C16H18N2O4. The van der Waals surface area contributed by atoms with Gasteiger partial charge in [0.2, 0.25) is 11.7 Å². The van der Waals surface area contributed by atoms with Gasteiger partial charge in [-0.1, -0.05) is 5.16 Å². The van der Waals surface area contributed by atoms with Gasteiger partial charge in [0.25, 0.3) is 0 Å². The Balaban J connectivity index is 1.70. The van der Waals surface area contributed by atoms with Crippen molar-refractivity contribution in [3.05, 3.63) is 30.2 Å². The molecule has 1 heterocycles. The minimum Gasteiger partial charge on any atom is -0.497 e. The van der Waals surface area contributed by atoms with E-state index in [1.54, 1.807) is 7.11 Å². The van der Waals surface area contributed by atoms with Crippen LogP contribution in [-0.4, -0.2) is 28.3 Å². The number of carbonyl (C=O) groups is 1. The van der Waals surface area contributed by atoms with Crippen molar-refractivity contribution in [1.82, 2.24) is 10.1 Å². The van der Waals surface area contributed by atoms with E-state index in [0.717, 1.165) is 24.2 Å². The zero-order chi connectivity index (χ0) is 15.5. The smallest absolute Gasteiger partial charge is 0.306 e. The first-order valence-electron chi connectivity index (χ1n) is 7.38. The SMILES string of the molecule is COc1ccc(-c2noc(C3CCC(C(=O)O)CC3)n2)cc1. The number of methoxy groups -OCH3 is 1. The molecule has 0 bridgehead atoms. The van der Waals surface area contributed by atoms with E-state index < -0.39 is 5.97 Å². The van der Waals surface area contributed by atoms with Gasteiger partial charge in [-0.2, -0.15) is 4.98 Å². The highest BCUT2D eigenvalue weighted by Gasteiger charge is 2.29. The average molecular weight is 302 g/mol. The van der Waals surface area contributed by atoms with Gasteiger partial charge in [-0.05, 0) is 49.9 Å². The number of benzene rings is 1. The first-order chi connectivity index (χ1) is 10.7. The molecule has 0 unspecified atom stereocenters. The molecule has 0 spiro atoms. The summed E-state index contributed by atoms with van der Waals surface area (Å²) in [5, 5.41) is 13.1. The van der Waals surface area contributed by atoms with Crippen molar-refractivity contribution in [1.29, 1.82) is 0 Å². The molecule has 2 aromatic rings. The minimum atomic E-state index is -0.706. The molecule has 0 aliphatic heterocycles. The van der Waals surface area contributed by atoms with Gasteiger partial charge in [0.05, 0.1) is 13.0 Å². The molecule has 1 aliphatic carbocycles. The highest BCUT2D eigenvalue weighted by atomic mass is 16.5. The van der Waals surface area contributed by atoms with Crippen LogP contribution in [0.3, 0.4) is 0 Å². The number of nitrogens with zero attached hydrogens (tertiary/aromatic N) is 2. The van der Waals surface area contributed by atoms with Crippen LogP contribution >= 0.6 is 0 Å². The molecule has 1 fully saturated rings. The Bertz CT molecular complexity index is 642. The molecule has 116 valence electrons. The maximum absolute atomic E-state index is 11.0. The summed E-state index contributed by atoms with van der Waals surface area (Å²) in [6.45, 7) is 0. The predicted molar refractivity (Wildman–Crippen MR) is 78.6 cm³/mol. The molecule has 6 heteroatoms. The first kappa shape index (κ1) is 14.6. The molecule has 3 rings (SSSR count). The average Bonchev–Trinajstić information content (AvgIpc) is 3.05. The number of carboxylic acid groups (broad SMARTS) is 1. The molecule has 6 nitrogen and oxygen atoms in total. The van der Waals surface area contributed by atoms with Crippen molar-refractivity contribution in [2.45, 2.75) is 31.6 Å². The monoisotopic (exact) mass is 302 g/mol. The minimum absolute atomic E-state index is 0.162. The van der Waals surface area contributed by atoms with Crippen LogP contribution in [0.15, 0.2) is 28.8 Å². The number of rotatable bonds is 4. The summed E-state index contributed by atoms with van der Waals surface area (Å²) in [6, 6.07) is 7.47. The van der Waals surface area contributed by atoms with Gasteiger partial charge in [-0.3, -0.25) is 4.79 Å². The van der Waals surface area contributed by atoms with Crippen molar-refractivity contribution >= 4 is 5.97 Å². The summed E-state index contributed by atoms with van der Waals surface area (Å²) < 4.78 is 10.5. The molecule has 1 aromatic carbocycles. The van der Waals surface area contributed by atoms with Gasteiger partial charge >= 0.3 is 5.97 Å². The fraction of sp³-hybridized carbons (Fsp3) is 0.438. The van der Waals surface area contributed by atoms with Crippen LogP contribution in [0, 0.1) is 5.92 Å². The number of ether oxygens (including phenoxy) is 1. The Kier molecular flexibility index (Phi) is 4.09. The molecule has 0 saturated heterocycles. The second kappa shape index (κ2) is 6.17. The Morgan fingerprint density at radius 1 is 1.23 bits per heavy atom. The van der Waals surface area contributed by atoms with Crippen LogP contribution in [0.4, 0.5) is 0 Å². The molecule has 1 aromatic heterocycles. The standard InChI is InChI=1S/C16H18N2O4/c1-21-13-8-6-10(7-9-13)14-17-15(22-18-14)11-2-4-12(5-3-11)16(19)20/h6-9,11-12H,2-5H2,1H3,(H,19,20). The number of hydrogen-bond acceptors (Lipinski definition) is 5. The maximum atomic E-state index is 11.0. The third-order valence-electron chi connectivity index (χ3n) is 4.22. The van der Waals surface area contributed by atoms with Crippen LogP contribution < -0.4 is 4.74 Å². The van der Waals surface area contributed by atoms with Crippen molar-refractivity contribution < 1.29 is 19.2 Å². The summed E-state index contributed by atoms with van der Waals surface area (Å²) in [6.07, 6.45) is 2.89. The largest absolute Gasteiger partial charge is 0.497 e. The van der Waals surface area contributed by atoms with Gasteiger partial charge in [-0.15, -0.1) is 0 Å². The van der Waals surface area contributed by atoms with Crippen LogP contribution in [0.5, 0.6) is 5.75 Å². The molecule has 1 N–H and O–H groups in total.